The van der Waals surface area contributed by atoms with Crippen molar-refractivity contribution in [2.75, 3.05) is 31.2 Å². The largest absolute Gasteiger partial charge is 0.362 e. The minimum absolute atomic E-state index is 0.127. The molecule has 5 nitrogen and oxygen atoms in total. The number of hydrogen-bond donors (Lipinski definition) is 2. The maximum absolute atomic E-state index is 12.7. The van der Waals surface area contributed by atoms with Crippen molar-refractivity contribution >= 4 is 40.5 Å². The van der Waals surface area contributed by atoms with E-state index >= 15 is 0 Å². The van der Waals surface area contributed by atoms with Crippen molar-refractivity contribution in [2.45, 2.75) is 24.8 Å². The lowest BCUT2D eigenvalue weighted by atomic mass is 9.86. The van der Waals surface area contributed by atoms with E-state index in [1.54, 1.807) is 0 Å². The molecular weight excluding hydrogens is 404 g/mol. The van der Waals surface area contributed by atoms with Crippen LogP contribution in [0.5, 0.6) is 0 Å². The van der Waals surface area contributed by atoms with E-state index < -0.39 is 5.54 Å². The smallest absolute Gasteiger partial charge is 0.247 e. The Balaban J connectivity index is 1.32. The number of anilines is 1. The third-order valence-electron chi connectivity index (χ3n) is 5.89. The van der Waals surface area contributed by atoms with Gasteiger partial charge >= 0.3 is 0 Å². The third-order valence-corrected chi connectivity index (χ3v) is 6.54. The molecule has 2 fully saturated rings. The van der Waals surface area contributed by atoms with Crippen molar-refractivity contribution in [3.8, 4) is 0 Å². The molecule has 7 heteroatoms. The summed E-state index contributed by atoms with van der Waals surface area (Å²) in [5.74, 6) is 0.127. The van der Waals surface area contributed by atoms with Crippen LogP contribution in [0.4, 0.5) is 5.69 Å². The predicted octanol–water partition coefficient (Wildman–Crippen LogP) is 3.19. The monoisotopic (exact) mass is 428 g/mol. The highest BCUT2D eigenvalue weighted by atomic mass is 35.5. The van der Waals surface area contributed by atoms with Gasteiger partial charge in [-0.3, -0.25) is 4.79 Å². The Labute approximate surface area is 182 Å². The number of piperidine rings is 1. The number of para-hydroxylation sites is 1. The molecule has 0 bridgehead atoms. The number of carbonyl (C=O) groups is 1. The van der Waals surface area contributed by atoms with E-state index in [0.717, 1.165) is 54.7 Å². The maximum Gasteiger partial charge on any atom is 0.247 e. The second-order valence-corrected chi connectivity index (χ2v) is 8.38. The summed E-state index contributed by atoms with van der Waals surface area (Å²) in [6.07, 6.45) is 2.40. The van der Waals surface area contributed by atoms with E-state index in [-0.39, 0.29) is 5.91 Å². The zero-order chi connectivity index (χ0) is 20.3. The minimum Gasteiger partial charge on any atom is -0.362 e. The van der Waals surface area contributed by atoms with Gasteiger partial charge in [0, 0.05) is 30.3 Å². The van der Waals surface area contributed by atoms with Crippen LogP contribution in [0.3, 0.4) is 0 Å². The lowest BCUT2D eigenvalue weighted by molar-refractivity contribution is -0.124. The number of likely N-dealkylation sites (tertiary alicyclic amines) is 1. The Morgan fingerprint density at radius 3 is 2.48 bits per heavy atom. The van der Waals surface area contributed by atoms with E-state index in [1.807, 2.05) is 42.5 Å². The fourth-order valence-electron chi connectivity index (χ4n) is 4.19. The quantitative estimate of drug-likeness (QED) is 0.732. The molecule has 0 saturated carbocycles. The molecule has 2 aliphatic heterocycles. The first-order valence-electron chi connectivity index (χ1n) is 9.97. The van der Waals surface area contributed by atoms with E-state index in [9.17, 15) is 4.79 Å². The second-order valence-electron chi connectivity index (χ2n) is 7.55. The Morgan fingerprint density at radius 2 is 1.79 bits per heavy atom. The molecular formula is C22H25ClN4OS. The van der Waals surface area contributed by atoms with Gasteiger partial charge in [0.15, 0.2) is 5.11 Å². The topological polar surface area (TPSA) is 47.6 Å². The van der Waals surface area contributed by atoms with Crippen LogP contribution in [0.1, 0.15) is 18.4 Å². The minimum atomic E-state index is -0.475. The standard InChI is InChI=1S/C22H25ClN4OS/c23-18-8-6-17(7-9-18)10-13-24-21(29)26-14-11-22(12-15-26)20(28)25-16-27(22)19-4-2-1-3-5-19/h1-9H,10-16H2,(H,24,29)(H,25,28). The molecule has 1 amide bonds. The molecule has 2 aliphatic rings. The van der Waals surface area contributed by atoms with Crippen LogP contribution in [0.15, 0.2) is 54.6 Å². The molecule has 0 aliphatic carbocycles. The van der Waals surface area contributed by atoms with Gasteiger partial charge in [-0.15, -0.1) is 0 Å². The van der Waals surface area contributed by atoms with Gasteiger partial charge in [-0.2, -0.15) is 0 Å². The lowest BCUT2D eigenvalue weighted by Crippen LogP contribution is -2.58. The van der Waals surface area contributed by atoms with Gasteiger partial charge < -0.3 is 20.4 Å². The van der Waals surface area contributed by atoms with Gasteiger partial charge in [-0.05, 0) is 61.3 Å². The van der Waals surface area contributed by atoms with Crippen LogP contribution in [-0.2, 0) is 11.2 Å². The van der Waals surface area contributed by atoms with E-state index in [2.05, 4.69) is 32.6 Å². The summed E-state index contributed by atoms with van der Waals surface area (Å²) < 4.78 is 0. The number of benzene rings is 2. The normalized spacial score (nSPS) is 18.0. The summed E-state index contributed by atoms with van der Waals surface area (Å²) in [5.41, 5.74) is 1.84. The molecule has 2 aromatic rings. The Bertz CT molecular complexity index is 866. The van der Waals surface area contributed by atoms with Crippen molar-refractivity contribution in [3.05, 3.63) is 65.2 Å². The third kappa shape index (κ3) is 4.19. The molecule has 2 heterocycles. The maximum atomic E-state index is 12.7. The van der Waals surface area contributed by atoms with Crippen LogP contribution in [0, 0.1) is 0 Å². The molecule has 2 saturated heterocycles. The molecule has 152 valence electrons. The molecule has 1 spiro atoms. The molecule has 29 heavy (non-hydrogen) atoms. The van der Waals surface area contributed by atoms with Crippen molar-refractivity contribution in [3.63, 3.8) is 0 Å². The number of nitrogens with zero attached hydrogens (tertiary/aromatic N) is 2. The molecule has 0 radical (unpaired) electrons. The van der Waals surface area contributed by atoms with Crippen molar-refractivity contribution < 1.29 is 4.79 Å². The van der Waals surface area contributed by atoms with Crippen molar-refractivity contribution in [2.24, 2.45) is 0 Å². The summed E-state index contributed by atoms with van der Waals surface area (Å²) in [7, 11) is 0. The first kappa shape index (κ1) is 20.0. The van der Waals surface area contributed by atoms with Crippen LogP contribution < -0.4 is 15.5 Å². The number of carbonyl (C=O) groups excluding carboxylic acids is 1. The summed E-state index contributed by atoms with van der Waals surface area (Å²) in [6, 6.07) is 18.0. The Hall–Kier alpha value is -2.31. The Morgan fingerprint density at radius 1 is 1.10 bits per heavy atom. The van der Waals surface area contributed by atoms with Crippen molar-refractivity contribution in [1.29, 1.82) is 0 Å². The van der Waals surface area contributed by atoms with Gasteiger partial charge in [0.1, 0.15) is 5.54 Å². The zero-order valence-corrected chi connectivity index (χ0v) is 17.8. The average molecular weight is 429 g/mol. The van der Waals surface area contributed by atoms with Crippen LogP contribution >= 0.6 is 23.8 Å². The molecule has 2 N–H and O–H groups in total. The van der Waals surface area contributed by atoms with Gasteiger partial charge in [-0.25, -0.2) is 0 Å². The highest BCUT2D eigenvalue weighted by Crippen LogP contribution is 2.36. The van der Waals surface area contributed by atoms with Gasteiger partial charge in [0.2, 0.25) is 5.91 Å². The van der Waals surface area contributed by atoms with Gasteiger partial charge in [-0.1, -0.05) is 41.9 Å². The number of halogens is 1. The van der Waals surface area contributed by atoms with Crippen LogP contribution in [-0.4, -0.2) is 47.8 Å². The molecule has 4 rings (SSSR count). The fraction of sp³-hybridized carbons (Fsp3) is 0.364. The summed E-state index contributed by atoms with van der Waals surface area (Å²) >= 11 is 11.5. The van der Waals surface area contributed by atoms with Gasteiger partial charge in [0.05, 0.1) is 6.67 Å². The predicted molar refractivity (Wildman–Crippen MR) is 121 cm³/mol. The van der Waals surface area contributed by atoms with E-state index in [1.165, 1.54) is 5.56 Å². The highest BCUT2D eigenvalue weighted by Gasteiger charge is 2.50. The SMILES string of the molecule is O=C1NCN(c2ccccc2)C12CCN(C(=S)NCCc1ccc(Cl)cc1)CC2. The Kier molecular flexibility index (Phi) is 5.92. The van der Waals surface area contributed by atoms with Crippen molar-refractivity contribution in [1.82, 2.24) is 15.5 Å². The van der Waals surface area contributed by atoms with Crippen LogP contribution in [0.2, 0.25) is 5.02 Å². The van der Waals surface area contributed by atoms with Crippen LogP contribution in [0.25, 0.3) is 0 Å². The number of hydrogen-bond acceptors (Lipinski definition) is 3. The molecule has 2 aromatic carbocycles. The first-order chi connectivity index (χ1) is 14.1. The molecule has 0 unspecified atom stereocenters. The fourth-order valence-corrected chi connectivity index (χ4v) is 4.60. The number of thiocarbonyl (C=S) groups is 1. The summed E-state index contributed by atoms with van der Waals surface area (Å²) in [6.45, 7) is 2.87. The van der Waals surface area contributed by atoms with Gasteiger partial charge in [0.25, 0.3) is 0 Å². The summed E-state index contributed by atoms with van der Waals surface area (Å²) in [5, 5.41) is 7.91. The number of nitrogens with one attached hydrogen (secondary N) is 2. The zero-order valence-electron chi connectivity index (χ0n) is 16.2. The number of rotatable bonds is 4. The molecule has 0 atom stereocenters. The van der Waals surface area contributed by atoms with E-state index in [0.29, 0.717) is 6.67 Å². The summed E-state index contributed by atoms with van der Waals surface area (Å²) in [4.78, 5) is 17.1. The molecule has 0 aromatic heterocycles. The lowest BCUT2D eigenvalue weighted by Gasteiger charge is -2.44. The number of amides is 1. The second kappa shape index (κ2) is 8.59. The first-order valence-corrected chi connectivity index (χ1v) is 10.8. The van der Waals surface area contributed by atoms with E-state index in [4.69, 9.17) is 23.8 Å². The average Bonchev–Trinajstić information content (AvgIpc) is 3.06. The highest BCUT2D eigenvalue weighted by molar-refractivity contribution is 7.80.